The average molecular weight is 365 g/mol. The number of hydrogen-bond acceptors (Lipinski definition) is 3. The molecule has 0 unspecified atom stereocenters. The van der Waals surface area contributed by atoms with Crippen molar-refractivity contribution >= 4 is 33.2 Å². The molecule has 1 amide bonds. The predicted octanol–water partition coefficient (Wildman–Crippen LogP) is 3.70. The van der Waals surface area contributed by atoms with Gasteiger partial charge in [0.1, 0.15) is 5.82 Å². The Balaban J connectivity index is 2.00. The lowest BCUT2D eigenvalue weighted by Gasteiger charge is -2.18. The maximum atomic E-state index is 13.1. The van der Waals surface area contributed by atoms with Crippen LogP contribution in [0.15, 0.2) is 40.9 Å². The Bertz CT molecular complexity index is 794. The van der Waals surface area contributed by atoms with Crippen LogP contribution in [0.4, 0.5) is 15.8 Å². The Morgan fingerprint density at radius 3 is 2.73 bits per heavy atom. The summed E-state index contributed by atoms with van der Waals surface area (Å²) in [5.74, 6) is -0.757. The highest BCUT2D eigenvalue weighted by Crippen LogP contribution is 2.33. The van der Waals surface area contributed by atoms with E-state index in [1.807, 2.05) is 0 Å². The molecule has 0 radical (unpaired) electrons. The van der Waals surface area contributed by atoms with Gasteiger partial charge in [-0.25, -0.2) is 4.39 Å². The van der Waals surface area contributed by atoms with Gasteiger partial charge in [0.2, 0.25) is 0 Å². The summed E-state index contributed by atoms with van der Waals surface area (Å²) in [6.07, 6.45) is 0.637. The molecular weight excluding hydrogens is 355 g/mol. The molecule has 2 aromatic rings. The molecule has 0 spiro atoms. The van der Waals surface area contributed by atoms with Gasteiger partial charge in [0, 0.05) is 23.2 Å². The van der Waals surface area contributed by atoms with Crippen LogP contribution in [-0.4, -0.2) is 17.4 Å². The third kappa shape index (κ3) is 2.48. The lowest BCUT2D eigenvalue weighted by Crippen LogP contribution is -2.29. The number of nitro groups is 1. The molecule has 0 saturated carbocycles. The first-order chi connectivity index (χ1) is 10.5. The van der Waals surface area contributed by atoms with Gasteiger partial charge < -0.3 is 4.90 Å². The standard InChI is InChI=1S/C15H10BrFN2O3/c16-13-7-10(17)2-4-12(13)15(20)18-6-5-9-1-3-11(19(21)22)8-14(9)18/h1-4,7-8H,5-6H2. The Kier molecular flexibility index (Phi) is 3.66. The van der Waals surface area contributed by atoms with Crippen LogP contribution in [0.3, 0.4) is 0 Å². The molecule has 22 heavy (non-hydrogen) atoms. The van der Waals surface area contributed by atoms with Crippen molar-refractivity contribution in [3.05, 3.63) is 67.9 Å². The van der Waals surface area contributed by atoms with Crippen LogP contribution in [0.2, 0.25) is 0 Å². The second kappa shape index (κ2) is 5.49. The fourth-order valence-corrected chi connectivity index (χ4v) is 3.02. The second-order valence-corrected chi connectivity index (χ2v) is 5.76. The number of non-ortho nitro benzene ring substituents is 1. The second-order valence-electron chi connectivity index (χ2n) is 4.90. The molecule has 0 aromatic heterocycles. The fraction of sp³-hybridized carbons (Fsp3) is 0.133. The Morgan fingerprint density at radius 2 is 2.05 bits per heavy atom. The van der Waals surface area contributed by atoms with Crippen molar-refractivity contribution < 1.29 is 14.1 Å². The molecule has 0 saturated heterocycles. The molecule has 1 heterocycles. The minimum Gasteiger partial charge on any atom is -0.307 e. The van der Waals surface area contributed by atoms with Crippen molar-refractivity contribution in [3.63, 3.8) is 0 Å². The number of rotatable bonds is 2. The molecule has 0 fully saturated rings. The average Bonchev–Trinajstić information content (AvgIpc) is 2.89. The molecule has 5 nitrogen and oxygen atoms in total. The first-order valence-electron chi connectivity index (χ1n) is 6.51. The van der Waals surface area contributed by atoms with E-state index in [0.717, 1.165) is 5.56 Å². The van der Waals surface area contributed by atoms with Gasteiger partial charge in [0.05, 0.1) is 16.2 Å². The molecule has 112 valence electrons. The third-order valence-corrected chi connectivity index (χ3v) is 4.24. The summed E-state index contributed by atoms with van der Waals surface area (Å²) in [7, 11) is 0. The van der Waals surface area contributed by atoms with Crippen LogP contribution < -0.4 is 4.90 Å². The van der Waals surface area contributed by atoms with Crippen LogP contribution >= 0.6 is 15.9 Å². The van der Waals surface area contributed by atoms with Gasteiger partial charge in [-0.15, -0.1) is 0 Å². The van der Waals surface area contributed by atoms with E-state index < -0.39 is 10.7 Å². The van der Waals surface area contributed by atoms with Gasteiger partial charge in [0.25, 0.3) is 11.6 Å². The summed E-state index contributed by atoms with van der Waals surface area (Å²) < 4.78 is 13.5. The molecule has 3 rings (SSSR count). The summed E-state index contributed by atoms with van der Waals surface area (Å²) in [5, 5.41) is 10.9. The Morgan fingerprint density at radius 1 is 1.27 bits per heavy atom. The Labute approximate surface area is 133 Å². The topological polar surface area (TPSA) is 63.5 Å². The largest absolute Gasteiger partial charge is 0.307 e. The molecule has 7 heteroatoms. The summed E-state index contributed by atoms with van der Waals surface area (Å²) in [6, 6.07) is 8.33. The maximum Gasteiger partial charge on any atom is 0.271 e. The van der Waals surface area contributed by atoms with Gasteiger partial charge in [-0.2, -0.15) is 0 Å². The minimum absolute atomic E-state index is 0.0587. The number of amides is 1. The third-order valence-electron chi connectivity index (χ3n) is 3.58. The summed E-state index contributed by atoms with van der Waals surface area (Å²) in [4.78, 5) is 24.5. The van der Waals surface area contributed by atoms with E-state index in [-0.39, 0.29) is 11.6 Å². The van der Waals surface area contributed by atoms with Crippen molar-refractivity contribution in [1.82, 2.24) is 0 Å². The highest BCUT2D eigenvalue weighted by Gasteiger charge is 2.28. The van der Waals surface area contributed by atoms with E-state index in [4.69, 9.17) is 0 Å². The smallest absolute Gasteiger partial charge is 0.271 e. The van der Waals surface area contributed by atoms with E-state index in [2.05, 4.69) is 15.9 Å². The van der Waals surface area contributed by atoms with Gasteiger partial charge >= 0.3 is 0 Å². The molecule has 1 aliphatic rings. The molecule has 0 aliphatic carbocycles. The predicted molar refractivity (Wildman–Crippen MR) is 82.6 cm³/mol. The van der Waals surface area contributed by atoms with Crippen molar-refractivity contribution in [2.24, 2.45) is 0 Å². The highest BCUT2D eigenvalue weighted by molar-refractivity contribution is 9.10. The quantitative estimate of drug-likeness (QED) is 0.602. The molecule has 0 atom stereocenters. The number of carbonyl (C=O) groups excluding carboxylic acids is 1. The fourth-order valence-electron chi connectivity index (χ4n) is 2.50. The van der Waals surface area contributed by atoms with Crippen molar-refractivity contribution in [3.8, 4) is 0 Å². The molecule has 0 bridgehead atoms. The summed E-state index contributed by atoms with van der Waals surface area (Å²) >= 11 is 3.18. The normalized spacial score (nSPS) is 13.1. The van der Waals surface area contributed by atoms with E-state index in [0.29, 0.717) is 28.7 Å². The zero-order chi connectivity index (χ0) is 15.9. The van der Waals surface area contributed by atoms with Gasteiger partial charge in [-0.3, -0.25) is 14.9 Å². The number of anilines is 1. The van der Waals surface area contributed by atoms with E-state index in [1.165, 1.54) is 35.2 Å². The number of halogens is 2. The zero-order valence-corrected chi connectivity index (χ0v) is 12.8. The van der Waals surface area contributed by atoms with E-state index >= 15 is 0 Å². The number of benzene rings is 2. The van der Waals surface area contributed by atoms with Crippen LogP contribution in [0.5, 0.6) is 0 Å². The summed E-state index contributed by atoms with van der Waals surface area (Å²) in [5.41, 5.74) is 1.69. The summed E-state index contributed by atoms with van der Waals surface area (Å²) in [6.45, 7) is 0.444. The van der Waals surface area contributed by atoms with Crippen molar-refractivity contribution in [1.29, 1.82) is 0 Å². The van der Waals surface area contributed by atoms with Crippen LogP contribution in [0.1, 0.15) is 15.9 Å². The van der Waals surface area contributed by atoms with Crippen LogP contribution in [0.25, 0.3) is 0 Å². The van der Waals surface area contributed by atoms with Gasteiger partial charge in [-0.05, 0) is 46.1 Å². The first kappa shape index (κ1) is 14.6. The number of hydrogen-bond donors (Lipinski definition) is 0. The first-order valence-corrected chi connectivity index (χ1v) is 7.31. The zero-order valence-electron chi connectivity index (χ0n) is 11.3. The number of carbonyl (C=O) groups is 1. The van der Waals surface area contributed by atoms with Gasteiger partial charge in [-0.1, -0.05) is 6.07 Å². The molecular formula is C15H10BrFN2O3. The maximum absolute atomic E-state index is 13.1. The lowest BCUT2D eigenvalue weighted by molar-refractivity contribution is -0.384. The number of nitro benzene ring substituents is 1. The number of fused-ring (bicyclic) bond motifs is 1. The molecule has 1 aliphatic heterocycles. The van der Waals surface area contributed by atoms with Crippen molar-refractivity contribution in [2.45, 2.75) is 6.42 Å². The van der Waals surface area contributed by atoms with E-state index in [9.17, 15) is 19.3 Å². The van der Waals surface area contributed by atoms with Crippen molar-refractivity contribution in [2.75, 3.05) is 11.4 Å². The van der Waals surface area contributed by atoms with Crippen LogP contribution in [0, 0.1) is 15.9 Å². The van der Waals surface area contributed by atoms with E-state index in [1.54, 1.807) is 6.07 Å². The minimum atomic E-state index is -0.491. The molecule has 2 aromatic carbocycles. The SMILES string of the molecule is O=C(c1ccc(F)cc1Br)N1CCc2ccc([N+](=O)[O-])cc21. The van der Waals surface area contributed by atoms with Gasteiger partial charge in [0.15, 0.2) is 0 Å². The highest BCUT2D eigenvalue weighted by atomic mass is 79.9. The lowest BCUT2D eigenvalue weighted by atomic mass is 10.1. The number of nitrogens with zero attached hydrogens (tertiary/aromatic N) is 2. The Hall–Kier alpha value is -2.28. The van der Waals surface area contributed by atoms with Crippen LogP contribution in [-0.2, 0) is 6.42 Å². The molecule has 0 N–H and O–H groups in total. The monoisotopic (exact) mass is 364 g/mol.